The Morgan fingerprint density at radius 1 is 1.11 bits per heavy atom. The highest BCUT2D eigenvalue weighted by Gasteiger charge is 2.23. The number of carbonyl (C=O) groups excluding carboxylic acids is 1. The third-order valence-corrected chi connectivity index (χ3v) is 4.50. The lowest BCUT2D eigenvalue weighted by Gasteiger charge is -2.25. The first-order valence-corrected chi connectivity index (χ1v) is 9.74. The molecule has 1 aliphatic rings. The molecule has 3 nitrogen and oxygen atoms in total. The average molecular weight is 385 g/mol. The van der Waals surface area contributed by atoms with Gasteiger partial charge in [0.2, 0.25) is 0 Å². The summed E-state index contributed by atoms with van der Waals surface area (Å²) in [5, 5.41) is 0. The zero-order chi connectivity index (χ0) is 20.0. The predicted octanol–water partition coefficient (Wildman–Crippen LogP) is 5.48. The van der Waals surface area contributed by atoms with Crippen molar-refractivity contribution in [1.82, 2.24) is 0 Å². The number of ether oxygens (including phenoxy) is 2. The molecule has 2 rings (SSSR count). The van der Waals surface area contributed by atoms with Crippen LogP contribution in [-0.4, -0.2) is 23.9 Å². The Kier molecular flexibility index (Phi) is 7.14. The summed E-state index contributed by atoms with van der Waals surface area (Å²) in [6, 6.07) is 4.00. The summed E-state index contributed by atoms with van der Waals surface area (Å²) < 4.78 is 11.8. The molecule has 0 atom stereocenters. The van der Waals surface area contributed by atoms with Crippen molar-refractivity contribution in [3.05, 3.63) is 53.6 Å². The van der Waals surface area contributed by atoms with Gasteiger partial charge < -0.3 is 9.47 Å². The van der Waals surface area contributed by atoms with Gasteiger partial charge in [0.25, 0.3) is 0 Å². The first-order chi connectivity index (χ1) is 12.8. The van der Waals surface area contributed by atoms with Crippen LogP contribution < -0.4 is 9.47 Å². The second kappa shape index (κ2) is 9.14. The van der Waals surface area contributed by atoms with E-state index in [4.69, 9.17) is 21.7 Å². The van der Waals surface area contributed by atoms with E-state index in [0.717, 1.165) is 21.7 Å². The molecule has 1 aromatic rings. The standard InChI is InChI=1S/C23H28O3S/c1-6-25-21-15-13-19(23(3,4)5)22(26-7-2)18(21)12-14-20(24)16-8-10-17(27)11-9-16/h8-16H,6-7H2,1-5H3/b14-12+. The zero-order valence-corrected chi connectivity index (χ0v) is 17.6. The minimum absolute atomic E-state index is 0.00365. The summed E-state index contributed by atoms with van der Waals surface area (Å²) in [7, 11) is 0. The largest absolute Gasteiger partial charge is 0.493 e. The fourth-order valence-corrected chi connectivity index (χ4v) is 3.05. The maximum Gasteiger partial charge on any atom is 0.166 e. The Morgan fingerprint density at radius 2 is 1.74 bits per heavy atom. The minimum Gasteiger partial charge on any atom is -0.493 e. The van der Waals surface area contributed by atoms with Crippen LogP contribution in [0.1, 0.15) is 45.7 Å². The van der Waals surface area contributed by atoms with Crippen molar-refractivity contribution in [1.29, 1.82) is 0 Å². The van der Waals surface area contributed by atoms with E-state index in [1.54, 1.807) is 18.2 Å². The molecular weight excluding hydrogens is 356 g/mol. The van der Waals surface area contributed by atoms with Crippen LogP contribution in [-0.2, 0) is 10.2 Å². The molecule has 1 aromatic carbocycles. The third kappa shape index (κ3) is 5.39. The lowest BCUT2D eigenvalue weighted by molar-refractivity contribution is -0.115. The van der Waals surface area contributed by atoms with Crippen molar-refractivity contribution in [2.75, 3.05) is 13.2 Å². The van der Waals surface area contributed by atoms with Crippen molar-refractivity contribution in [2.24, 2.45) is 5.92 Å². The summed E-state index contributed by atoms with van der Waals surface area (Å²) in [6.45, 7) is 11.4. The summed E-state index contributed by atoms with van der Waals surface area (Å²) in [5.41, 5.74) is 1.80. The molecule has 0 amide bonds. The molecule has 0 aromatic heterocycles. The Hall–Kier alpha value is -2.20. The lowest BCUT2D eigenvalue weighted by Crippen LogP contribution is -2.15. The highest BCUT2D eigenvalue weighted by Crippen LogP contribution is 2.40. The smallest absolute Gasteiger partial charge is 0.166 e. The molecule has 0 fully saturated rings. The second-order valence-corrected chi connectivity index (χ2v) is 7.82. The third-order valence-electron chi connectivity index (χ3n) is 4.23. The Labute approximate surface area is 167 Å². The minimum atomic E-state index is -0.287. The Bertz CT molecular complexity index is 779. The van der Waals surface area contributed by atoms with E-state index >= 15 is 0 Å². The molecule has 0 N–H and O–H groups in total. The van der Waals surface area contributed by atoms with Crippen LogP contribution in [0.4, 0.5) is 0 Å². The van der Waals surface area contributed by atoms with Gasteiger partial charge in [0.05, 0.1) is 24.7 Å². The van der Waals surface area contributed by atoms with Crippen LogP contribution in [0.25, 0.3) is 6.08 Å². The molecule has 4 heteroatoms. The molecule has 0 heterocycles. The molecule has 0 bridgehead atoms. The van der Waals surface area contributed by atoms with E-state index in [1.165, 1.54) is 0 Å². The number of allylic oxidation sites excluding steroid dienone is 5. The summed E-state index contributed by atoms with van der Waals surface area (Å²) >= 11 is 5.09. The van der Waals surface area contributed by atoms with Gasteiger partial charge in [0.15, 0.2) is 5.78 Å². The van der Waals surface area contributed by atoms with Crippen molar-refractivity contribution in [3.8, 4) is 11.5 Å². The van der Waals surface area contributed by atoms with E-state index in [1.807, 2.05) is 44.2 Å². The number of ketones is 1. The van der Waals surface area contributed by atoms with Gasteiger partial charge in [-0.25, -0.2) is 0 Å². The van der Waals surface area contributed by atoms with E-state index < -0.39 is 0 Å². The fraction of sp³-hybridized carbons (Fsp3) is 0.391. The molecule has 0 unspecified atom stereocenters. The number of hydrogen-bond donors (Lipinski definition) is 0. The highest BCUT2D eigenvalue weighted by molar-refractivity contribution is 7.81. The van der Waals surface area contributed by atoms with Gasteiger partial charge in [-0.3, -0.25) is 4.79 Å². The molecule has 0 radical (unpaired) electrons. The quantitative estimate of drug-likeness (QED) is 0.461. The zero-order valence-electron chi connectivity index (χ0n) is 16.7. The molecule has 144 valence electrons. The SMILES string of the molecule is CCOc1ccc(C(C)(C)C)c(OCC)c1/C=C/C(=O)C1C=CC(=S)C=C1. The van der Waals surface area contributed by atoms with Gasteiger partial charge in [-0.1, -0.05) is 51.2 Å². The van der Waals surface area contributed by atoms with Crippen molar-refractivity contribution >= 4 is 28.9 Å². The summed E-state index contributed by atoms with van der Waals surface area (Å²) in [4.78, 5) is 13.3. The van der Waals surface area contributed by atoms with Crippen LogP contribution in [0, 0.1) is 5.92 Å². The fourth-order valence-electron chi connectivity index (χ4n) is 2.89. The number of thiocarbonyl (C=S) groups is 1. The van der Waals surface area contributed by atoms with Crippen LogP contribution in [0.15, 0.2) is 42.5 Å². The maximum absolute atomic E-state index is 12.6. The van der Waals surface area contributed by atoms with Crippen molar-refractivity contribution < 1.29 is 14.3 Å². The van der Waals surface area contributed by atoms with E-state index in [0.29, 0.717) is 19.0 Å². The van der Waals surface area contributed by atoms with Gasteiger partial charge in [-0.15, -0.1) is 0 Å². The predicted molar refractivity (Wildman–Crippen MR) is 116 cm³/mol. The molecule has 1 aliphatic carbocycles. The van der Waals surface area contributed by atoms with Gasteiger partial charge >= 0.3 is 0 Å². The summed E-state index contributed by atoms with van der Waals surface area (Å²) in [5.74, 6) is 1.20. The normalized spacial score (nSPS) is 14.8. The van der Waals surface area contributed by atoms with Crippen LogP contribution in [0.5, 0.6) is 11.5 Å². The molecule has 0 saturated heterocycles. The highest BCUT2D eigenvalue weighted by atomic mass is 32.1. The van der Waals surface area contributed by atoms with Gasteiger partial charge in [-0.2, -0.15) is 0 Å². The monoisotopic (exact) mass is 384 g/mol. The van der Waals surface area contributed by atoms with Crippen LogP contribution in [0.2, 0.25) is 0 Å². The van der Waals surface area contributed by atoms with Crippen molar-refractivity contribution in [2.45, 2.75) is 40.0 Å². The first-order valence-electron chi connectivity index (χ1n) is 9.33. The average Bonchev–Trinajstić information content (AvgIpc) is 2.61. The van der Waals surface area contributed by atoms with Gasteiger partial charge in [0, 0.05) is 10.4 Å². The maximum atomic E-state index is 12.6. The van der Waals surface area contributed by atoms with E-state index in [2.05, 4.69) is 20.8 Å². The molecule has 0 saturated carbocycles. The topological polar surface area (TPSA) is 35.5 Å². The summed E-state index contributed by atoms with van der Waals surface area (Å²) in [6.07, 6.45) is 10.6. The molecular formula is C23H28O3S. The van der Waals surface area contributed by atoms with E-state index in [-0.39, 0.29) is 17.1 Å². The number of hydrogen-bond acceptors (Lipinski definition) is 4. The van der Waals surface area contributed by atoms with E-state index in [9.17, 15) is 4.79 Å². The first kappa shape index (κ1) is 21.1. The van der Waals surface area contributed by atoms with Gasteiger partial charge in [0.1, 0.15) is 11.5 Å². The number of carbonyl (C=O) groups is 1. The molecule has 27 heavy (non-hydrogen) atoms. The number of benzene rings is 1. The number of rotatable bonds is 7. The lowest BCUT2D eigenvalue weighted by atomic mass is 9.84. The van der Waals surface area contributed by atoms with Crippen LogP contribution >= 0.6 is 12.2 Å². The Morgan fingerprint density at radius 3 is 2.30 bits per heavy atom. The molecule has 0 aliphatic heterocycles. The van der Waals surface area contributed by atoms with Crippen LogP contribution in [0.3, 0.4) is 0 Å². The second-order valence-electron chi connectivity index (χ2n) is 7.35. The van der Waals surface area contributed by atoms with Crippen molar-refractivity contribution in [3.63, 3.8) is 0 Å². The van der Waals surface area contributed by atoms with Gasteiger partial charge in [-0.05, 0) is 49.6 Å². The molecule has 0 spiro atoms. The Balaban J connectivity index is 2.45.